The number of rotatable bonds is 9. The number of halogens is 1. The van der Waals surface area contributed by atoms with Gasteiger partial charge < -0.3 is 20.9 Å². The third kappa shape index (κ3) is 6.46. The molecule has 0 fully saturated rings. The number of hydrogen-bond donors (Lipinski definition) is 3. The minimum Gasteiger partial charge on any atom is -0.368 e. The maximum atomic E-state index is 13.0. The minimum atomic E-state index is -0.625. The second-order valence-electron chi connectivity index (χ2n) is 6.64. The molecule has 0 saturated heterocycles. The van der Waals surface area contributed by atoms with Gasteiger partial charge in [0.1, 0.15) is 5.82 Å². The van der Waals surface area contributed by atoms with E-state index in [4.69, 9.17) is 10.3 Å². The van der Waals surface area contributed by atoms with Crippen molar-refractivity contribution in [3.63, 3.8) is 0 Å². The number of carbonyl (C=O) groups excluding carboxylic acids is 3. The first kappa shape index (κ1) is 21.6. The predicted molar refractivity (Wildman–Crippen MR) is 108 cm³/mol. The summed E-state index contributed by atoms with van der Waals surface area (Å²) >= 11 is 0. The Hall–Kier alpha value is -4.08. The number of aryl methyl sites for hydroxylation is 1. The topological polar surface area (TPSA) is 140 Å². The molecule has 3 rings (SSSR count). The summed E-state index contributed by atoms with van der Waals surface area (Å²) in [5, 5.41) is 9.00. The van der Waals surface area contributed by atoms with Crippen molar-refractivity contribution >= 4 is 17.7 Å². The highest BCUT2D eigenvalue weighted by molar-refractivity contribution is 5.96. The molecule has 0 aliphatic rings. The molecule has 2 aromatic carbocycles. The Kier molecular flexibility index (Phi) is 7.05. The number of nitrogens with two attached hydrogens (primary N) is 1. The van der Waals surface area contributed by atoms with Crippen molar-refractivity contribution in [3.05, 3.63) is 71.4 Å². The van der Waals surface area contributed by atoms with E-state index in [1.54, 1.807) is 36.4 Å². The van der Waals surface area contributed by atoms with Gasteiger partial charge in [-0.2, -0.15) is 4.98 Å². The molecule has 0 unspecified atom stereocenters. The Labute approximate surface area is 176 Å². The SMILES string of the molecule is NC(=O)CNC(=O)c1ccc(CNC(=O)CCc2nc(-c3ccc(F)cc3)no2)cc1. The van der Waals surface area contributed by atoms with Gasteiger partial charge in [-0.05, 0) is 42.0 Å². The standard InChI is InChI=1S/C21H20FN5O4/c22-16-7-5-14(6-8-16)20-26-19(31-27-20)10-9-18(29)24-11-13-1-3-15(4-2-13)21(30)25-12-17(23)28/h1-8H,9-12H2,(H2,23,28)(H,24,29)(H,25,30). The second-order valence-corrected chi connectivity index (χ2v) is 6.64. The fraction of sp³-hybridized carbons (Fsp3) is 0.190. The Bertz CT molecular complexity index is 1060. The molecule has 3 amide bonds. The molecule has 31 heavy (non-hydrogen) atoms. The average Bonchev–Trinajstić information content (AvgIpc) is 3.24. The van der Waals surface area contributed by atoms with Crippen molar-refractivity contribution < 1.29 is 23.3 Å². The van der Waals surface area contributed by atoms with Crippen LogP contribution in [0.1, 0.15) is 28.2 Å². The van der Waals surface area contributed by atoms with Gasteiger partial charge in [-0.3, -0.25) is 14.4 Å². The van der Waals surface area contributed by atoms with E-state index in [-0.39, 0.29) is 37.7 Å². The molecule has 4 N–H and O–H groups in total. The molecule has 0 spiro atoms. The molecule has 0 aliphatic carbocycles. The van der Waals surface area contributed by atoms with Crippen molar-refractivity contribution in [2.45, 2.75) is 19.4 Å². The first-order valence-electron chi connectivity index (χ1n) is 9.41. The van der Waals surface area contributed by atoms with Crippen molar-refractivity contribution in [2.75, 3.05) is 6.54 Å². The smallest absolute Gasteiger partial charge is 0.251 e. The van der Waals surface area contributed by atoms with E-state index in [0.29, 0.717) is 22.8 Å². The van der Waals surface area contributed by atoms with Crippen LogP contribution in [-0.4, -0.2) is 34.4 Å². The first-order chi connectivity index (χ1) is 14.9. The molecule has 0 saturated carbocycles. The number of aromatic nitrogens is 2. The number of primary amides is 1. The zero-order valence-corrected chi connectivity index (χ0v) is 16.4. The molecule has 10 heteroatoms. The second kappa shape index (κ2) is 10.1. The third-order valence-corrected chi connectivity index (χ3v) is 4.27. The molecular formula is C21H20FN5O4. The normalized spacial score (nSPS) is 10.5. The summed E-state index contributed by atoms with van der Waals surface area (Å²) in [5.41, 5.74) is 6.79. The van der Waals surface area contributed by atoms with Crippen LogP contribution in [0.15, 0.2) is 53.1 Å². The van der Waals surface area contributed by atoms with Crippen LogP contribution in [0.3, 0.4) is 0 Å². The van der Waals surface area contributed by atoms with Crippen LogP contribution >= 0.6 is 0 Å². The summed E-state index contributed by atoms with van der Waals surface area (Å²) in [7, 11) is 0. The third-order valence-electron chi connectivity index (χ3n) is 4.27. The fourth-order valence-electron chi connectivity index (χ4n) is 2.63. The molecule has 0 bridgehead atoms. The number of nitrogens with one attached hydrogen (secondary N) is 2. The zero-order valence-electron chi connectivity index (χ0n) is 16.4. The van der Waals surface area contributed by atoms with Crippen LogP contribution in [0, 0.1) is 5.82 Å². The summed E-state index contributed by atoms with van der Waals surface area (Å²) in [6.45, 7) is 0.0504. The first-order valence-corrected chi connectivity index (χ1v) is 9.41. The molecule has 0 radical (unpaired) electrons. The molecule has 9 nitrogen and oxygen atoms in total. The Balaban J connectivity index is 1.44. The summed E-state index contributed by atoms with van der Waals surface area (Å²) in [4.78, 5) is 38.8. The van der Waals surface area contributed by atoms with E-state index >= 15 is 0 Å². The van der Waals surface area contributed by atoms with Crippen molar-refractivity contribution in [2.24, 2.45) is 5.73 Å². The van der Waals surface area contributed by atoms with E-state index in [1.807, 2.05) is 0 Å². The number of carbonyl (C=O) groups is 3. The van der Waals surface area contributed by atoms with Crippen LogP contribution in [-0.2, 0) is 22.6 Å². The number of nitrogens with zero attached hydrogens (tertiary/aromatic N) is 2. The van der Waals surface area contributed by atoms with Crippen molar-refractivity contribution in [1.82, 2.24) is 20.8 Å². The molecule has 160 valence electrons. The Morgan fingerprint density at radius 1 is 1.00 bits per heavy atom. The summed E-state index contributed by atoms with van der Waals surface area (Å²) in [6.07, 6.45) is 0.414. The van der Waals surface area contributed by atoms with Gasteiger partial charge in [0.25, 0.3) is 5.91 Å². The van der Waals surface area contributed by atoms with Gasteiger partial charge in [-0.1, -0.05) is 17.3 Å². The number of benzene rings is 2. The highest BCUT2D eigenvalue weighted by atomic mass is 19.1. The summed E-state index contributed by atoms with van der Waals surface area (Å²) in [6, 6.07) is 12.3. The minimum absolute atomic E-state index is 0.151. The van der Waals surface area contributed by atoms with Crippen LogP contribution < -0.4 is 16.4 Å². The van der Waals surface area contributed by atoms with Gasteiger partial charge in [0.05, 0.1) is 6.54 Å². The van der Waals surface area contributed by atoms with E-state index in [2.05, 4.69) is 20.8 Å². The quantitative estimate of drug-likeness (QED) is 0.473. The highest BCUT2D eigenvalue weighted by Gasteiger charge is 2.11. The van der Waals surface area contributed by atoms with E-state index in [1.165, 1.54) is 12.1 Å². The van der Waals surface area contributed by atoms with E-state index < -0.39 is 11.8 Å². The van der Waals surface area contributed by atoms with E-state index in [9.17, 15) is 18.8 Å². The summed E-state index contributed by atoms with van der Waals surface area (Å²) in [5.74, 6) is -0.958. The zero-order chi connectivity index (χ0) is 22.2. The van der Waals surface area contributed by atoms with E-state index in [0.717, 1.165) is 5.56 Å². The van der Waals surface area contributed by atoms with Crippen LogP contribution in [0.4, 0.5) is 4.39 Å². The number of amides is 3. The van der Waals surface area contributed by atoms with Crippen LogP contribution in [0.5, 0.6) is 0 Å². The van der Waals surface area contributed by atoms with Crippen molar-refractivity contribution in [1.29, 1.82) is 0 Å². The van der Waals surface area contributed by atoms with Gasteiger partial charge >= 0.3 is 0 Å². The fourth-order valence-corrected chi connectivity index (χ4v) is 2.63. The van der Waals surface area contributed by atoms with Gasteiger partial charge in [-0.25, -0.2) is 4.39 Å². The van der Waals surface area contributed by atoms with Gasteiger partial charge in [0.15, 0.2) is 0 Å². The lowest BCUT2D eigenvalue weighted by atomic mass is 10.1. The number of hydrogen-bond acceptors (Lipinski definition) is 6. The highest BCUT2D eigenvalue weighted by Crippen LogP contribution is 2.16. The Morgan fingerprint density at radius 2 is 1.71 bits per heavy atom. The lowest BCUT2D eigenvalue weighted by Crippen LogP contribution is -2.33. The maximum absolute atomic E-state index is 13.0. The van der Waals surface area contributed by atoms with Gasteiger partial charge in [-0.15, -0.1) is 0 Å². The predicted octanol–water partition coefficient (Wildman–Crippen LogP) is 1.34. The average molecular weight is 425 g/mol. The molecule has 1 aromatic heterocycles. The van der Waals surface area contributed by atoms with Crippen LogP contribution in [0.25, 0.3) is 11.4 Å². The summed E-state index contributed by atoms with van der Waals surface area (Å²) < 4.78 is 18.1. The lowest BCUT2D eigenvalue weighted by Gasteiger charge is -2.06. The molecule has 0 atom stereocenters. The van der Waals surface area contributed by atoms with Crippen LogP contribution in [0.2, 0.25) is 0 Å². The maximum Gasteiger partial charge on any atom is 0.251 e. The lowest BCUT2D eigenvalue weighted by molar-refractivity contribution is -0.121. The molecule has 0 aliphatic heterocycles. The monoisotopic (exact) mass is 425 g/mol. The molecular weight excluding hydrogens is 405 g/mol. The molecule has 3 aromatic rings. The Morgan fingerprint density at radius 3 is 2.39 bits per heavy atom. The van der Waals surface area contributed by atoms with Crippen molar-refractivity contribution in [3.8, 4) is 11.4 Å². The molecule has 1 heterocycles. The van der Waals surface area contributed by atoms with Gasteiger partial charge in [0, 0.05) is 30.5 Å². The largest absolute Gasteiger partial charge is 0.368 e. The van der Waals surface area contributed by atoms with Gasteiger partial charge in [0.2, 0.25) is 23.5 Å².